The Morgan fingerprint density at radius 1 is 1.08 bits per heavy atom. The number of aromatic nitrogens is 3. The predicted molar refractivity (Wildman–Crippen MR) is 144 cm³/mol. The minimum absolute atomic E-state index is 0.0402. The van der Waals surface area contributed by atoms with Gasteiger partial charge in [0.05, 0.1) is 17.7 Å². The largest absolute Gasteiger partial charge is 0.464 e. The van der Waals surface area contributed by atoms with Crippen molar-refractivity contribution < 1.29 is 23.5 Å². The van der Waals surface area contributed by atoms with E-state index in [0.717, 1.165) is 25.7 Å². The number of para-hydroxylation sites is 1. The van der Waals surface area contributed by atoms with Crippen LogP contribution in [-0.2, 0) is 20.9 Å². The Balaban J connectivity index is 1.55. The molecule has 2 aromatic heterocycles. The number of fused-ring (bicyclic) bond motifs is 1. The summed E-state index contributed by atoms with van der Waals surface area (Å²) < 4.78 is 12.5. The molecular weight excluding hydrogens is 498 g/mol. The highest BCUT2D eigenvalue weighted by atomic mass is 16.5. The summed E-state index contributed by atoms with van der Waals surface area (Å²) in [5, 5.41) is 11.4. The van der Waals surface area contributed by atoms with Gasteiger partial charge >= 0.3 is 5.97 Å². The van der Waals surface area contributed by atoms with E-state index in [4.69, 9.17) is 9.15 Å². The summed E-state index contributed by atoms with van der Waals surface area (Å²) in [6, 6.07) is 16.2. The van der Waals surface area contributed by atoms with Gasteiger partial charge in [0.25, 0.3) is 5.91 Å². The van der Waals surface area contributed by atoms with Gasteiger partial charge in [0, 0.05) is 11.7 Å². The Labute approximate surface area is 225 Å². The molecule has 1 atom stereocenters. The summed E-state index contributed by atoms with van der Waals surface area (Å²) in [6.45, 7) is 3.61. The van der Waals surface area contributed by atoms with E-state index in [1.165, 1.54) is 9.58 Å². The van der Waals surface area contributed by atoms with Gasteiger partial charge in [0.15, 0.2) is 6.04 Å². The first-order chi connectivity index (χ1) is 18.9. The zero-order chi connectivity index (χ0) is 27.4. The van der Waals surface area contributed by atoms with Crippen LogP contribution in [0.3, 0.4) is 0 Å². The van der Waals surface area contributed by atoms with E-state index < -0.39 is 17.9 Å². The minimum Gasteiger partial charge on any atom is -0.464 e. The van der Waals surface area contributed by atoms with Crippen molar-refractivity contribution in [2.45, 2.75) is 58.2 Å². The van der Waals surface area contributed by atoms with Crippen molar-refractivity contribution in [3.63, 3.8) is 0 Å². The van der Waals surface area contributed by atoms with E-state index in [1.54, 1.807) is 50.2 Å². The molecule has 5 rings (SSSR count). The molecule has 1 fully saturated rings. The van der Waals surface area contributed by atoms with Crippen LogP contribution in [0.2, 0.25) is 0 Å². The number of rotatable bonds is 9. The Morgan fingerprint density at radius 3 is 2.51 bits per heavy atom. The van der Waals surface area contributed by atoms with Gasteiger partial charge in [-0.15, -0.1) is 5.10 Å². The molecule has 0 spiro atoms. The third kappa shape index (κ3) is 5.69. The molecule has 1 N–H and O–H groups in total. The molecule has 1 saturated carbocycles. The van der Waals surface area contributed by atoms with Crippen molar-refractivity contribution in [1.29, 1.82) is 0 Å². The van der Waals surface area contributed by atoms with Gasteiger partial charge in [-0.05, 0) is 75.2 Å². The first-order valence-corrected chi connectivity index (χ1v) is 13.2. The molecule has 39 heavy (non-hydrogen) atoms. The zero-order valence-electron chi connectivity index (χ0n) is 22.0. The van der Waals surface area contributed by atoms with Crippen molar-refractivity contribution in [3.05, 3.63) is 77.7 Å². The number of carbonyl (C=O) groups is 3. The average Bonchev–Trinajstić information content (AvgIpc) is 3.70. The lowest BCUT2D eigenvalue weighted by Gasteiger charge is -2.31. The van der Waals surface area contributed by atoms with Crippen LogP contribution in [0.15, 0.2) is 65.1 Å². The Morgan fingerprint density at radius 2 is 1.82 bits per heavy atom. The van der Waals surface area contributed by atoms with E-state index in [-0.39, 0.29) is 25.1 Å². The lowest BCUT2D eigenvalue weighted by molar-refractivity contribution is -0.127. The maximum atomic E-state index is 14.1. The van der Waals surface area contributed by atoms with Gasteiger partial charge in [0.2, 0.25) is 5.91 Å². The molecule has 2 amide bonds. The van der Waals surface area contributed by atoms with Gasteiger partial charge in [0.1, 0.15) is 23.6 Å². The van der Waals surface area contributed by atoms with Crippen LogP contribution in [-0.4, -0.2) is 45.4 Å². The van der Waals surface area contributed by atoms with Crippen molar-refractivity contribution in [2.75, 3.05) is 11.5 Å². The van der Waals surface area contributed by atoms with E-state index in [9.17, 15) is 14.4 Å². The van der Waals surface area contributed by atoms with E-state index >= 15 is 0 Å². The Kier molecular flexibility index (Phi) is 7.72. The van der Waals surface area contributed by atoms with Crippen LogP contribution in [0.25, 0.3) is 11.0 Å². The lowest BCUT2D eigenvalue weighted by Crippen LogP contribution is -2.47. The van der Waals surface area contributed by atoms with Gasteiger partial charge in [-0.25, -0.2) is 9.48 Å². The number of amides is 2. The molecule has 0 saturated heterocycles. The molecule has 202 valence electrons. The molecule has 0 radical (unpaired) electrons. The molecule has 4 aromatic rings. The van der Waals surface area contributed by atoms with Crippen molar-refractivity contribution in [2.24, 2.45) is 0 Å². The highest BCUT2D eigenvalue weighted by Gasteiger charge is 2.37. The molecular formula is C29H31N5O5. The molecule has 1 aliphatic carbocycles. The predicted octanol–water partition coefficient (Wildman–Crippen LogP) is 4.34. The number of esters is 1. The van der Waals surface area contributed by atoms with Crippen LogP contribution >= 0.6 is 0 Å². The number of benzene rings is 2. The Bertz CT molecular complexity index is 1470. The number of furan rings is 1. The van der Waals surface area contributed by atoms with Crippen LogP contribution in [0.1, 0.15) is 60.5 Å². The second-order valence-electron chi connectivity index (χ2n) is 9.61. The summed E-state index contributed by atoms with van der Waals surface area (Å²) in [7, 11) is 0. The van der Waals surface area contributed by atoms with Gasteiger partial charge in [-0.2, -0.15) is 0 Å². The van der Waals surface area contributed by atoms with E-state index in [2.05, 4.69) is 15.6 Å². The fourth-order valence-electron chi connectivity index (χ4n) is 4.97. The first kappa shape index (κ1) is 26.1. The zero-order valence-corrected chi connectivity index (χ0v) is 22.0. The molecule has 10 heteroatoms. The second-order valence-corrected chi connectivity index (χ2v) is 9.61. The number of hydrogen-bond acceptors (Lipinski definition) is 7. The summed E-state index contributed by atoms with van der Waals surface area (Å²) in [5.41, 5.74) is 2.13. The summed E-state index contributed by atoms with van der Waals surface area (Å²) in [4.78, 5) is 41.6. The van der Waals surface area contributed by atoms with Crippen LogP contribution in [0, 0.1) is 6.92 Å². The third-order valence-corrected chi connectivity index (χ3v) is 6.87. The number of hydrogen-bond donors (Lipinski definition) is 1. The molecule has 0 aliphatic heterocycles. The van der Waals surface area contributed by atoms with Crippen LogP contribution in [0.4, 0.5) is 5.69 Å². The van der Waals surface area contributed by atoms with Crippen molar-refractivity contribution in [3.8, 4) is 0 Å². The third-order valence-electron chi connectivity index (χ3n) is 6.87. The lowest BCUT2D eigenvalue weighted by atomic mass is 10.1. The number of nitrogens with zero attached hydrogens (tertiary/aromatic N) is 4. The molecule has 2 aromatic carbocycles. The maximum absolute atomic E-state index is 14.1. The molecule has 0 unspecified atom stereocenters. The van der Waals surface area contributed by atoms with Gasteiger partial charge in [-0.3, -0.25) is 14.5 Å². The Hall–Kier alpha value is -4.47. The normalized spacial score (nSPS) is 14.3. The van der Waals surface area contributed by atoms with Gasteiger partial charge in [-0.1, -0.05) is 30.2 Å². The van der Waals surface area contributed by atoms with Gasteiger partial charge < -0.3 is 14.5 Å². The standard InChI is InChI=1S/C29H31N5O5/c1-3-38-29(37)20-13-15-22(16-14-20)34(26(35)18-33-24-11-7-6-10-23(24)31-32-33)27(25-17-12-19(2)39-25)28(36)30-21-8-4-5-9-21/h6-7,10-17,21,27H,3-5,8-9,18H2,1-2H3,(H,30,36)/t27-/m0/s1. The van der Waals surface area contributed by atoms with Crippen molar-refractivity contribution in [1.82, 2.24) is 20.3 Å². The highest BCUT2D eigenvalue weighted by molar-refractivity contribution is 6.01. The fraction of sp³-hybridized carbons (Fsp3) is 0.345. The first-order valence-electron chi connectivity index (χ1n) is 13.2. The van der Waals surface area contributed by atoms with Crippen LogP contribution in [0.5, 0.6) is 0 Å². The topological polar surface area (TPSA) is 120 Å². The maximum Gasteiger partial charge on any atom is 0.338 e. The number of carbonyl (C=O) groups excluding carboxylic acids is 3. The van der Waals surface area contributed by atoms with E-state index in [1.807, 2.05) is 24.3 Å². The van der Waals surface area contributed by atoms with Crippen LogP contribution < -0.4 is 10.2 Å². The average molecular weight is 530 g/mol. The molecule has 0 bridgehead atoms. The highest BCUT2D eigenvalue weighted by Crippen LogP contribution is 2.31. The summed E-state index contributed by atoms with van der Waals surface area (Å²) in [5.74, 6) is -0.226. The molecule has 1 aliphatic rings. The minimum atomic E-state index is -1.07. The second kappa shape index (κ2) is 11.5. The molecule has 10 nitrogen and oxygen atoms in total. The summed E-state index contributed by atoms with van der Waals surface area (Å²) >= 11 is 0. The molecule has 2 heterocycles. The number of anilines is 1. The quantitative estimate of drug-likeness (QED) is 0.320. The smallest absolute Gasteiger partial charge is 0.338 e. The van der Waals surface area contributed by atoms with E-state index in [0.29, 0.717) is 33.8 Å². The number of ether oxygens (including phenoxy) is 1. The SMILES string of the molecule is CCOC(=O)c1ccc(N(C(=O)Cn2nnc3ccccc32)[C@H](C(=O)NC2CCCC2)c2ccc(C)o2)cc1. The monoisotopic (exact) mass is 529 g/mol. The summed E-state index contributed by atoms with van der Waals surface area (Å²) in [6.07, 6.45) is 3.88. The number of aryl methyl sites for hydroxylation is 1. The number of nitrogens with one attached hydrogen (secondary N) is 1. The van der Waals surface area contributed by atoms with Crippen molar-refractivity contribution >= 4 is 34.5 Å². The fourth-order valence-corrected chi connectivity index (χ4v) is 4.97.